The SMILES string of the molecule is NCC1(CC(=O)Cc2csc3ccccc23)CCC1. The van der Waals surface area contributed by atoms with E-state index < -0.39 is 0 Å². The van der Waals surface area contributed by atoms with Crippen LogP contribution in [0, 0.1) is 5.41 Å². The van der Waals surface area contributed by atoms with Crippen LogP contribution in [0.3, 0.4) is 0 Å². The number of ketones is 1. The average Bonchev–Trinajstić information content (AvgIpc) is 2.78. The van der Waals surface area contributed by atoms with Gasteiger partial charge in [0.05, 0.1) is 0 Å². The number of fused-ring (bicyclic) bond motifs is 1. The number of hydrogen-bond acceptors (Lipinski definition) is 3. The maximum atomic E-state index is 12.3. The second-order valence-electron chi connectivity index (χ2n) is 5.71. The number of thiophene rings is 1. The van der Waals surface area contributed by atoms with E-state index in [1.54, 1.807) is 11.3 Å². The topological polar surface area (TPSA) is 43.1 Å². The fraction of sp³-hybridized carbons (Fsp3) is 0.438. The Bertz CT molecular complexity index is 592. The number of benzene rings is 1. The molecule has 2 N–H and O–H groups in total. The van der Waals surface area contributed by atoms with Crippen LogP contribution >= 0.6 is 11.3 Å². The Morgan fingerprint density at radius 1 is 1.32 bits per heavy atom. The quantitative estimate of drug-likeness (QED) is 0.905. The van der Waals surface area contributed by atoms with Crippen molar-refractivity contribution in [3.05, 3.63) is 35.2 Å². The van der Waals surface area contributed by atoms with Gasteiger partial charge in [-0.25, -0.2) is 0 Å². The van der Waals surface area contributed by atoms with Crippen LogP contribution in [0.25, 0.3) is 10.1 Å². The largest absolute Gasteiger partial charge is 0.330 e. The molecule has 2 aromatic rings. The molecule has 1 fully saturated rings. The third-order valence-electron chi connectivity index (χ3n) is 4.37. The molecule has 1 aromatic heterocycles. The zero-order valence-electron chi connectivity index (χ0n) is 11.0. The van der Waals surface area contributed by atoms with Crippen molar-refractivity contribution >= 4 is 27.2 Å². The predicted molar refractivity (Wildman–Crippen MR) is 80.5 cm³/mol. The first kappa shape index (κ1) is 12.8. The van der Waals surface area contributed by atoms with Gasteiger partial charge in [0.2, 0.25) is 0 Å². The van der Waals surface area contributed by atoms with Crippen molar-refractivity contribution in [1.29, 1.82) is 0 Å². The number of rotatable bonds is 5. The highest BCUT2D eigenvalue weighted by Crippen LogP contribution is 2.43. The first-order valence-electron chi connectivity index (χ1n) is 6.89. The Morgan fingerprint density at radius 2 is 2.11 bits per heavy atom. The molecule has 1 aliphatic carbocycles. The maximum Gasteiger partial charge on any atom is 0.137 e. The molecular weight excluding hydrogens is 254 g/mol. The Morgan fingerprint density at radius 3 is 2.79 bits per heavy atom. The Balaban J connectivity index is 1.72. The van der Waals surface area contributed by atoms with Gasteiger partial charge in [-0.15, -0.1) is 11.3 Å². The molecule has 2 nitrogen and oxygen atoms in total. The van der Waals surface area contributed by atoms with Crippen molar-refractivity contribution in [2.45, 2.75) is 32.1 Å². The van der Waals surface area contributed by atoms with Gasteiger partial charge in [0.25, 0.3) is 0 Å². The van der Waals surface area contributed by atoms with Crippen molar-refractivity contribution in [3.63, 3.8) is 0 Å². The van der Waals surface area contributed by atoms with Crippen LogP contribution in [0.15, 0.2) is 29.6 Å². The van der Waals surface area contributed by atoms with E-state index in [9.17, 15) is 4.79 Å². The van der Waals surface area contributed by atoms with Crippen molar-refractivity contribution < 1.29 is 4.79 Å². The second kappa shape index (κ2) is 5.06. The number of nitrogens with two attached hydrogens (primary N) is 1. The molecule has 1 aliphatic rings. The minimum Gasteiger partial charge on any atom is -0.330 e. The lowest BCUT2D eigenvalue weighted by atomic mass is 9.65. The van der Waals surface area contributed by atoms with Crippen LogP contribution in [0.1, 0.15) is 31.2 Å². The van der Waals surface area contributed by atoms with Crippen molar-refractivity contribution in [3.8, 4) is 0 Å². The second-order valence-corrected chi connectivity index (χ2v) is 6.62. The van der Waals surface area contributed by atoms with Crippen LogP contribution in [0.5, 0.6) is 0 Å². The lowest BCUT2D eigenvalue weighted by molar-refractivity contribution is -0.121. The molecule has 100 valence electrons. The third kappa shape index (κ3) is 2.45. The fourth-order valence-electron chi connectivity index (χ4n) is 2.99. The molecule has 0 radical (unpaired) electrons. The van der Waals surface area contributed by atoms with Crippen LogP contribution in [-0.2, 0) is 11.2 Å². The number of carbonyl (C=O) groups is 1. The molecule has 1 saturated carbocycles. The van der Waals surface area contributed by atoms with Crippen molar-refractivity contribution in [1.82, 2.24) is 0 Å². The average molecular weight is 273 g/mol. The Kier molecular flexibility index (Phi) is 3.42. The summed E-state index contributed by atoms with van der Waals surface area (Å²) in [6.45, 7) is 0.656. The van der Waals surface area contributed by atoms with Crippen LogP contribution < -0.4 is 5.73 Å². The minimum absolute atomic E-state index is 0.128. The van der Waals surface area contributed by atoms with Gasteiger partial charge in [-0.3, -0.25) is 4.79 Å². The molecule has 1 aromatic carbocycles. The molecule has 19 heavy (non-hydrogen) atoms. The van der Waals surface area contributed by atoms with Gasteiger partial charge >= 0.3 is 0 Å². The van der Waals surface area contributed by atoms with E-state index in [0.717, 1.165) is 12.8 Å². The minimum atomic E-state index is 0.128. The normalized spacial score (nSPS) is 17.3. The van der Waals surface area contributed by atoms with Gasteiger partial charge in [0.1, 0.15) is 5.78 Å². The Hall–Kier alpha value is -1.19. The molecule has 3 heteroatoms. The standard InChI is InChI=1S/C16H19NOS/c17-11-16(6-3-7-16)9-13(18)8-12-10-19-15-5-2-1-4-14(12)15/h1-2,4-5,10H,3,6-9,11,17H2. The molecule has 1 heterocycles. The predicted octanol–water partition coefficient (Wildman–Crippen LogP) is 3.53. The van der Waals surface area contributed by atoms with Crippen LogP contribution in [0.4, 0.5) is 0 Å². The highest BCUT2D eigenvalue weighted by atomic mass is 32.1. The molecule has 0 aliphatic heterocycles. The van der Waals surface area contributed by atoms with Gasteiger partial charge in [0.15, 0.2) is 0 Å². The summed E-state index contributed by atoms with van der Waals surface area (Å²) in [6.07, 6.45) is 4.70. The maximum absolute atomic E-state index is 12.3. The summed E-state index contributed by atoms with van der Waals surface area (Å²) in [6, 6.07) is 8.30. The highest BCUT2D eigenvalue weighted by molar-refractivity contribution is 7.17. The van der Waals surface area contributed by atoms with Crippen molar-refractivity contribution in [2.75, 3.05) is 6.54 Å². The number of hydrogen-bond donors (Lipinski definition) is 1. The summed E-state index contributed by atoms with van der Waals surface area (Å²) in [4.78, 5) is 12.3. The first-order chi connectivity index (χ1) is 9.22. The van der Waals surface area contributed by atoms with E-state index >= 15 is 0 Å². The molecule has 0 saturated heterocycles. The van der Waals surface area contributed by atoms with Crippen molar-refractivity contribution in [2.24, 2.45) is 11.1 Å². The van der Waals surface area contributed by atoms with Crippen LogP contribution in [0.2, 0.25) is 0 Å². The molecule has 0 unspecified atom stereocenters. The Labute approximate surface area is 117 Å². The summed E-state index contributed by atoms with van der Waals surface area (Å²) < 4.78 is 1.27. The van der Waals surface area contributed by atoms with E-state index in [0.29, 0.717) is 25.2 Å². The van der Waals surface area contributed by atoms with E-state index in [4.69, 9.17) is 5.73 Å². The zero-order chi connectivity index (χ0) is 13.3. The van der Waals surface area contributed by atoms with Gasteiger partial charge in [-0.2, -0.15) is 0 Å². The summed E-state index contributed by atoms with van der Waals surface area (Å²) in [5.74, 6) is 0.341. The summed E-state index contributed by atoms with van der Waals surface area (Å²) in [5, 5.41) is 3.36. The van der Waals surface area contributed by atoms with Gasteiger partial charge in [0, 0.05) is 17.5 Å². The number of carbonyl (C=O) groups excluding carboxylic acids is 1. The fourth-order valence-corrected chi connectivity index (χ4v) is 3.96. The van der Waals surface area contributed by atoms with E-state index in [2.05, 4.69) is 17.5 Å². The molecule has 0 atom stereocenters. The van der Waals surface area contributed by atoms with Gasteiger partial charge in [-0.1, -0.05) is 24.6 Å². The van der Waals surface area contributed by atoms with E-state index in [1.165, 1.54) is 22.1 Å². The molecular formula is C16H19NOS. The summed E-state index contributed by atoms with van der Waals surface area (Å²) >= 11 is 1.72. The van der Waals surface area contributed by atoms with Gasteiger partial charge in [-0.05, 0) is 47.2 Å². The smallest absolute Gasteiger partial charge is 0.137 e. The zero-order valence-corrected chi connectivity index (χ0v) is 11.8. The third-order valence-corrected chi connectivity index (χ3v) is 5.38. The molecule has 3 rings (SSSR count). The number of Topliss-reactive ketones (excluding diaryl/α,β-unsaturated/α-hetero) is 1. The van der Waals surface area contributed by atoms with Gasteiger partial charge < -0.3 is 5.73 Å². The monoisotopic (exact) mass is 273 g/mol. The summed E-state index contributed by atoms with van der Waals surface area (Å²) in [7, 11) is 0. The molecule has 0 amide bonds. The first-order valence-corrected chi connectivity index (χ1v) is 7.77. The lowest BCUT2D eigenvalue weighted by Crippen LogP contribution is -2.39. The molecule has 0 spiro atoms. The lowest BCUT2D eigenvalue weighted by Gasteiger charge is -2.40. The molecule has 0 bridgehead atoms. The summed E-state index contributed by atoms with van der Waals surface area (Å²) in [5.41, 5.74) is 7.14. The van der Waals surface area contributed by atoms with E-state index in [1.807, 2.05) is 12.1 Å². The van der Waals surface area contributed by atoms with Crippen LogP contribution in [-0.4, -0.2) is 12.3 Å². The highest BCUT2D eigenvalue weighted by Gasteiger charge is 2.37. The van der Waals surface area contributed by atoms with E-state index in [-0.39, 0.29) is 5.41 Å².